The first-order valence-electron chi connectivity index (χ1n) is 18.4. The first-order chi connectivity index (χ1) is 24.9. The molecule has 2 aromatic rings. The van der Waals surface area contributed by atoms with Crippen molar-refractivity contribution in [1.29, 1.82) is 0 Å². The molecule has 1 heterocycles. The van der Waals surface area contributed by atoms with E-state index in [0.29, 0.717) is 64.6 Å². The summed E-state index contributed by atoms with van der Waals surface area (Å²) < 4.78 is 0. The summed E-state index contributed by atoms with van der Waals surface area (Å²) in [7, 11) is 1.38. The molecule has 1 aliphatic heterocycles. The van der Waals surface area contributed by atoms with Crippen LogP contribution >= 0.6 is 0 Å². The maximum absolute atomic E-state index is 14.0. The molecule has 0 unspecified atom stereocenters. The fourth-order valence-corrected chi connectivity index (χ4v) is 6.44. The predicted octanol–water partition coefficient (Wildman–Crippen LogP) is 1.37. The Bertz CT molecular complexity index is 1460. The largest absolute Gasteiger partial charge is 0.351 e. The van der Waals surface area contributed by atoms with Crippen molar-refractivity contribution in [1.82, 2.24) is 26.2 Å². The van der Waals surface area contributed by atoms with E-state index in [2.05, 4.69) is 21.3 Å². The molecule has 284 valence electrons. The van der Waals surface area contributed by atoms with Crippen molar-refractivity contribution >= 4 is 35.3 Å². The highest BCUT2D eigenvalue weighted by atomic mass is 16.2. The smallest absolute Gasteiger partial charge is 0.309 e. The molecule has 0 aromatic heterocycles. The number of nitrogens with two attached hydrogens (primary N) is 2. The fourth-order valence-electron chi connectivity index (χ4n) is 6.44. The Kier molecular flexibility index (Phi) is 17.4. The number of benzene rings is 2. The number of rotatable bonds is 19. The average Bonchev–Trinajstić information content (AvgIpc) is 3.14. The summed E-state index contributed by atoms with van der Waals surface area (Å²) in [6.45, 7) is 5.07. The number of hydrogen-bond acceptors (Lipinski definition) is 8. The number of unbranched alkanes of at least 4 members (excludes halogenated alkanes) is 1. The minimum atomic E-state index is -0.911. The monoisotopic (exact) mass is 719 g/mol. The zero-order chi connectivity index (χ0) is 38.0. The molecule has 0 bridgehead atoms. The molecule has 1 aliphatic rings. The van der Waals surface area contributed by atoms with Crippen molar-refractivity contribution in [3.63, 3.8) is 0 Å². The number of likely N-dealkylation sites (tertiary alicyclic amines) is 1. The number of carbonyl (C=O) groups excluding carboxylic acids is 6. The summed E-state index contributed by atoms with van der Waals surface area (Å²) in [6.07, 6.45) is 3.41. The third-order valence-electron chi connectivity index (χ3n) is 9.33. The molecule has 13 nitrogen and oxygen atoms in total. The molecule has 3 rings (SSSR count). The molecule has 2 aromatic carbocycles. The summed E-state index contributed by atoms with van der Waals surface area (Å²) in [5.41, 5.74) is 13.8. The average molecular weight is 720 g/mol. The van der Waals surface area contributed by atoms with Crippen molar-refractivity contribution in [2.75, 3.05) is 26.7 Å². The number of ketones is 1. The molecule has 0 saturated carbocycles. The molecule has 8 N–H and O–H groups in total. The minimum Gasteiger partial charge on any atom is -0.351 e. The van der Waals surface area contributed by atoms with Crippen LogP contribution in [-0.2, 0) is 41.6 Å². The number of Topliss-reactive ketones (excluding diaryl/α,β-unsaturated/α-hetero) is 1. The van der Waals surface area contributed by atoms with E-state index in [1.807, 2.05) is 74.5 Å². The summed E-state index contributed by atoms with van der Waals surface area (Å²) in [5, 5.41) is 10.8. The van der Waals surface area contributed by atoms with Crippen LogP contribution in [0, 0.1) is 11.8 Å². The van der Waals surface area contributed by atoms with Crippen LogP contribution < -0.4 is 32.7 Å². The maximum Gasteiger partial charge on any atom is 0.309 e. The molecule has 1 saturated heterocycles. The summed E-state index contributed by atoms with van der Waals surface area (Å²) in [5.74, 6) is -3.50. The topological polar surface area (TPSA) is 206 Å². The van der Waals surface area contributed by atoms with Gasteiger partial charge >= 0.3 is 11.8 Å². The lowest BCUT2D eigenvalue weighted by atomic mass is 9.88. The Morgan fingerprint density at radius 2 is 1.37 bits per heavy atom. The van der Waals surface area contributed by atoms with Crippen molar-refractivity contribution in [3.8, 4) is 0 Å². The number of nitrogens with zero attached hydrogens (tertiary/aromatic N) is 1. The molecular formula is C39H57N7O6. The molecule has 0 aliphatic carbocycles. The van der Waals surface area contributed by atoms with E-state index in [-0.39, 0.29) is 36.5 Å². The van der Waals surface area contributed by atoms with E-state index < -0.39 is 47.7 Å². The quantitative estimate of drug-likeness (QED) is 0.0922. The van der Waals surface area contributed by atoms with Crippen LogP contribution in [0.25, 0.3) is 0 Å². The van der Waals surface area contributed by atoms with Crippen LogP contribution in [0.2, 0.25) is 0 Å². The zero-order valence-corrected chi connectivity index (χ0v) is 30.8. The number of nitrogens with one attached hydrogen (secondary N) is 4. The number of amides is 5. The Morgan fingerprint density at radius 1 is 0.788 bits per heavy atom. The van der Waals surface area contributed by atoms with E-state index in [0.717, 1.165) is 11.1 Å². The van der Waals surface area contributed by atoms with Gasteiger partial charge in [-0.1, -0.05) is 74.5 Å². The molecule has 0 spiro atoms. The highest BCUT2D eigenvalue weighted by Gasteiger charge is 2.34. The van der Waals surface area contributed by atoms with Gasteiger partial charge in [-0.15, -0.1) is 0 Å². The van der Waals surface area contributed by atoms with Gasteiger partial charge in [0, 0.05) is 38.5 Å². The maximum atomic E-state index is 14.0. The zero-order valence-electron chi connectivity index (χ0n) is 30.8. The molecule has 13 heteroatoms. The van der Waals surface area contributed by atoms with E-state index in [9.17, 15) is 28.8 Å². The van der Waals surface area contributed by atoms with Gasteiger partial charge in [-0.25, -0.2) is 0 Å². The third kappa shape index (κ3) is 13.8. The van der Waals surface area contributed by atoms with Gasteiger partial charge in [-0.3, -0.25) is 28.8 Å². The molecule has 4 atom stereocenters. The summed E-state index contributed by atoms with van der Waals surface area (Å²) in [6, 6.07) is 15.9. The standard InChI is InChI=1S/C39H57N7O6/c1-26(2)22-29(25-34(47)33(24-28-14-8-5-9-15-28)45-36(49)31(41)23-27-12-6-4-7-13-27)35(48)44-32(16-10-11-19-40)39(52)46-20-17-30(18-21-46)43-38(51)37(50)42-3/h4-9,12-15,26,29-33H,10-11,16-25,40-41H2,1-3H3,(H,42,50)(H,43,51)(H,44,48)(H,45,49)/t29-,31+,32+,33+/m0/s1. The Balaban J connectivity index is 1.73. The van der Waals surface area contributed by atoms with Crippen molar-refractivity contribution in [2.45, 2.75) is 95.8 Å². The predicted molar refractivity (Wildman–Crippen MR) is 199 cm³/mol. The number of carbonyl (C=O) groups is 6. The normalized spacial score (nSPS) is 15.5. The van der Waals surface area contributed by atoms with Crippen LogP contribution in [0.3, 0.4) is 0 Å². The highest BCUT2D eigenvalue weighted by molar-refractivity contribution is 6.35. The van der Waals surface area contributed by atoms with E-state index in [4.69, 9.17) is 11.5 Å². The van der Waals surface area contributed by atoms with Crippen molar-refractivity contribution in [2.24, 2.45) is 23.3 Å². The number of likely N-dealkylation sites (N-methyl/N-ethyl adjacent to an activating group) is 1. The third-order valence-corrected chi connectivity index (χ3v) is 9.33. The molecule has 1 fully saturated rings. The number of hydrogen-bond donors (Lipinski definition) is 6. The molecule has 5 amide bonds. The highest BCUT2D eigenvalue weighted by Crippen LogP contribution is 2.21. The van der Waals surface area contributed by atoms with Gasteiger partial charge in [-0.2, -0.15) is 0 Å². The second-order valence-corrected chi connectivity index (χ2v) is 14.0. The molecule has 52 heavy (non-hydrogen) atoms. The first-order valence-corrected chi connectivity index (χ1v) is 18.4. The van der Waals surface area contributed by atoms with Crippen molar-refractivity contribution in [3.05, 3.63) is 71.8 Å². The second kappa shape index (κ2) is 21.7. The van der Waals surface area contributed by atoms with Crippen LogP contribution in [0.1, 0.15) is 69.9 Å². The van der Waals surface area contributed by atoms with Gasteiger partial charge in [0.2, 0.25) is 17.7 Å². The fraction of sp³-hybridized carbons (Fsp3) is 0.538. The van der Waals surface area contributed by atoms with Gasteiger partial charge in [0.05, 0.1) is 12.1 Å². The molecular weight excluding hydrogens is 662 g/mol. The van der Waals surface area contributed by atoms with Gasteiger partial charge in [0.15, 0.2) is 5.78 Å². The minimum absolute atomic E-state index is 0.0698. The van der Waals surface area contributed by atoms with E-state index in [1.54, 1.807) is 4.90 Å². The Hall–Kier alpha value is -4.62. The Morgan fingerprint density at radius 3 is 1.92 bits per heavy atom. The summed E-state index contributed by atoms with van der Waals surface area (Å²) in [4.78, 5) is 80.4. The van der Waals surface area contributed by atoms with Crippen molar-refractivity contribution < 1.29 is 28.8 Å². The lowest BCUT2D eigenvalue weighted by Gasteiger charge is -2.35. The second-order valence-electron chi connectivity index (χ2n) is 14.0. The lowest BCUT2D eigenvalue weighted by Crippen LogP contribution is -2.55. The van der Waals surface area contributed by atoms with E-state index >= 15 is 0 Å². The summed E-state index contributed by atoms with van der Waals surface area (Å²) >= 11 is 0. The van der Waals surface area contributed by atoms with Gasteiger partial charge < -0.3 is 37.6 Å². The van der Waals surface area contributed by atoms with Gasteiger partial charge in [0.25, 0.3) is 0 Å². The van der Waals surface area contributed by atoms with Crippen LogP contribution in [0.15, 0.2) is 60.7 Å². The first kappa shape index (κ1) is 41.8. The van der Waals surface area contributed by atoms with Crippen LogP contribution in [0.5, 0.6) is 0 Å². The Labute approximate surface area is 307 Å². The van der Waals surface area contributed by atoms with Gasteiger partial charge in [-0.05, 0) is 75.0 Å². The van der Waals surface area contributed by atoms with Crippen LogP contribution in [-0.4, -0.2) is 91.1 Å². The SMILES string of the molecule is CNC(=O)C(=O)NC1CCN(C(=O)[C@@H](CCCCN)NC(=O)[C@H](CC(=O)[C@@H](Cc2ccccc2)NC(=O)[C@H](N)Cc2ccccc2)CC(C)C)CC1. The lowest BCUT2D eigenvalue weighted by molar-refractivity contribution is -0.141. The van der Waals surface area contributed by atoms with Crippen LogP contribution in [0.4, 0.5) is 0 Å². The number of piperidine rings is 1. The molecule has 0 radical (unpaired) electrons. The van der Waals surface area contributed by atoms with E-state index in [1.165, 1.54) is 7.05 Å². The van der Waals surface area contributed by atoms with Gasteiger partial charge in [0.1, 0.15) is 6.04 Å².